The van der Waals surface area contributed by atoms with E-state index in [-0.39, 0.29) is 22.5 Å². The van der Waals surface area contributed by atoms with E-state index in [9.17, 15) is 9.59 Å². The minimum absolute atomic E-state index is 0.0724. The SMILES string of the molecule is CC(C)c1ccc(CCNC(=O)Cn2ncc(Cl)c(Cl)c2=O)cc1. The third kappa shape index (κ3) is 4.82. The van der Waals surface area contributed by atoms with Crippen molar-refractivity contribution < 1.29 is 4.79 Å². The number of carbonyl (C=O) groups excluding carboxylic acids is 1. The van der Waals surface area contributed by atoms with Crippen LogP contribution in [0.3, 0.4) is 0 Å². The second-order valence-corrected chi connectivity index (χ2v) is 6.55. The monoisotopic (exact) mass is 367 g/mol. The number of rotatable bonds is 6. The molecule has 1 amide bonds. The van der Waals surface area contributed by atoms with Gasteiger partial charge in [-0.15, -0.1) is 0 Å². The zero-order valence-corrected chi connectivity index (χ0v) is 15.1. The maximum absolute atomic E-state index is 11.9. The molecule has 0 aliphatic rings. The number of nitrogens with one attached hydrogen (secondary N) is 1. The summed E-state index contributed by atoms with van der Waals surface area (Å²) in [6.45, 7) is 4.58. The number of carbonyl (C=O) groups is 1. The molecule has 0 spiro atoms. The summed E-state index contributed by atoms with van der Waals surface area (Å²) in [5.41, 5.74) is 1.85. The van der Waals surface area contributed by atoms with Crippen molar-refractivity contribution in [1.29, 1.82) is 0 Å². The molecule has 0 aliphatic heterocycles. The Balaban J connectivity index is 1.85. The number of halogens is 2. The van der Waals surface area contributed by atoms with E-state index in [1.165, 1.54) is 11.8 Å². The first-order valence-corrected chi connectivity index (χ1v) is 8.40. The minimum Gasteiger partial charge on any atom is -0.354 e. The summed E-state index contributed by atoms with van der Waals surface area (Å²) in [5, 5.41) is 6.50. The highest BCUT2D eigenvalue weighted by Crippen LogP contribution is 2.15. The van der Waals surface area contributed by atoms with Crippen LogP contribution in [0.4, 0.5) is 0 Å². The highest BCUT2D eigenvalue weighted by Gasteiger charge is 2.10. The Morgan fingerprint density at radius 3 is 2.54 bits per heavy atom. The van der Waals surface area contributed by atoms with Crippen molar-refractivity contribution in [3.8, 4) is 0 Å². The van der Waals surface area contributed by atoms with Gasteiger partial charge in [-0.3, -0.25) is 9.59 Å². The Hall–Kier alpha value is -1.85. The van der Waals surface area contributed by atoms with Crippen molar-refractivity contribution in [2.75, 3.05) is 6.54 Å². The van der Waals surface area contributed by atoms with Crippen molar-refractivity contribution in [2.45, 2.75) is 32.7 Å². The highest BCUT2D eigenvalue weighted by atomic mass is 35.5. The first-order valence-electron chi connectivity index (χ1n) is 7.65. The Bertz CT molecular complexity index is 770. The summed E-state index contributed by atoms with van der Waals surface area (Å²) in [6.07, 6.45) is 1.96. The van der Waals surface area contributed by atoms with Crippen LogP contribution in [0.1, 0.15) is 30.9 Å². The summed E-state index contributed by atoms with van der Waals surface area (Å²) in [4.78, 5) is 23.7. The van der Waals surface area contributed by atoms with E-state index in [4.69, 9.17) is 23.2 Å². The molecule has 1 aromatic heterocycles. The molecule has 1 N–H and O–H groups in total. The number of amides is 1. The lowest BCUT2D eigenvalue weighted by Crippen LogP contribution is -2.34. The molecule has 0 saturated carbocycles. The van der Waals surface area contributed by atoms with Crippen molar-refractivity contribution in [2.24, 2.45) is 0 Å². The normalized spacial score (nSPS) is 10.9. The van der Waals surface area contributed by atoms with Gasteiger partial charge in [0.15, 0.2) is 0 Å². The quantitative estimate of drug-likeness (QED) is 0.853. The van der Waals surface area contributed by atoms with Crippen LogP contribution < -0.4 is 10.9 Å². The summed E-state index contributed by atoms with van der Waals surface area (Å²) in [7, 11) is 0. The molecule has 1 heterocycles. The van der Waals surface area contributed by atoms with E-state index in [2.05, 4.69) is 48.5 Å². The second-order valence-electron chi connectivity index (χ2n) is 5.77. The van der Waals surface area contributed by atoms with Gasteiger partial charge in [0.05, 0.1) is 11.2 Å². The number of benzene rings is 1. The fraction of sp³-hybridized carbons (Fsp3) is 0.353. The third-order valence-corrected chi connectivity index (χ3v) is 4.37. The van der Waals surface area contributed by atoms with Crippen molar-refractivity contribution >= 4 is 29.1 Å². The van der Waals surface area contributed by atoms with Crippen LogP contribution in [0.2, 0.25) is 10.0 Å². The van der Waals surface area contributed by atoms with Gasteiger partial charge in [-0.2, -0.15) is 5.10 Å². The van der Waals surface area contributed by atoms with Gasteiger partial charge in [0, 0.05) is 6.54 Å². The Kier molecular flexibility index (Phi) is 6.40. The Labute approximate surface area is 150 Å². The fourth-order valence-corrected chi connectivity index (χ4v) is 2.44. The van der Waals surface area contributed by atoms with Crippen LogP contribution in [0.15, 0.2) is 35.3 Å². The largest absolute Gasteiger partial charge is 0.354 e. The van der Waals surface area contributed by atoms with E-state index in [0.29, 0.717) is 18.9 Å². The smallest absolute Gasteiger partial charge is 0.287 e. The zero-order chi connectivity index (χ0) is 17.7. The highest BCUT2D eigenvalue weighted by molar-refractivity contribution is 6.41. The Morgan fingerprint density at radius 1 is 1.25 bits per heavy atom. The number of aromatic nitrogens is 2. The van der Waals surface area contributed by atoms with Gasteiger partial charge < -0.3 is 5.32 Å². The molecule has 1 aromatic carbocycles. The predicted molar refractivity (Wildman–Crippen MR) is 95.8 cm³/mol. The van der Waals surface area contributed by atoms with E-state index >= 15 is 0 Å². The molecular weight excluding hydrogens is 349 g/mol. The number of hydrogen-bond acceptors (Lipinski definition) is 3. The molecule has 24 heavy (non-hydrogen) atoms. The van der Waals surface area contributed by atoms with Gasteiger partial charge in [-0.25, -0.2) is 4.68 Å². The third-order valence-electron chi connectivity index (χ3n) is 3.62. The summed E-state index contributed by atoms with van der Waals surface area (Å²) < 4.78 is 0.987. The zero-order valence-electron chi connectivity index (χ0n) is 13.6. The summed E-state index contributed by atoms with van der Waals surface area (Å²) >= 11 is 11.4. The molecule has 0 saturated heterocycles. The van der Waals surface area contributed by atoms with Gasteiger partial charge in [-0.1, -0.05) is 61.3 Å². The number of nitrogens with zero attached hydrogens (tertiary/aromatic N) is 2. The molecular formula is C17H19Cl2N3O2. The maximum Gasteiger partial charge on any atom is 0.287 e. The second kappa shape index (κ2) is 8.31. The van der Waals surface area contributed by atoms with E-state index in [1.807, 2.05) is 0 Å². The van der Waals surface area contributed by atoms with Gasteiger partial charge in [0.1, 0.15) is 11.6 Å². The molecule has 0 unspecified atom stereocenters. The molecule has 0 bridgehead atoms. The fourth-order valence-electron chi connectivity index (χ4n) is 2.16. The standard InChI is InChI=1S/C17H19Cl2N3O2/c1-11(2)13-5-3-12(4-6-13)7-8-20-15(23)10-22-17(24)16(19)14(18)9-21-22/h3-6,9,11H,7-8,10H2,1-2H3,(H,20,23). The van der Waals surface area contributed by atoms with Gasteiger partial charge in [0.2, 0.25) is 5.91 Å². The van der Waals surface area contributed by atoms with Crippen LogP contribution >= 0.6 is 23.2 Å². The van der Waals surface area contributed by atoms with Crippen LogP contribution in [0.25, 0.3) is 0 Å². The molecule has 2 rings (SSSR count). The van der Waals surface area contributed by atoms with Crippen molar-refractivity contribution in [3.05, 3.63) is 62.0 Å². The van der Waals surface area contributed by atoms with E-state index < -0.39 is 5.56 Å². The minimum atomic E-state index is -0.580. The lowest BCUT2D eigenvalue weighted by atomic mass is 10.0. The van der Waals surface area contributed by atoms with Gasteiger partial charge in [0.25, 0.3) is 5.56 Å². The van der Waals surface area contributed by atoms with Crippen LogP contribution in [-0.2, 0) is 17.8 Å². The number of hydrogen-bond donors (Lipinski definition) is 1. The summed E-state index contributed by atoms with van der Waals surface area (Å²) in [5.74, 6) is 0.192. The lowest BCUT2D eigenvalue weighted by Gasteiger charge is -2.09. The van der Waals surface area contributed by atoms with Crippen LogP contribution in [-0.4, -0.2) is 22.2 Å². The molecule has 0 atom stereocenters. The van der Waals surface area contributed by atoms with Gasteiger partial charge in [-0.05, 0) is 23.5 Å². The van der Waals surface area contributed by atoms with Crippen LogP contribution in [0.5, 0.6) is 0 Å². The predicted octanol–water partition coefficient (Wildman–Crippen LogP) is 3.03. The topological polar surface area (TPSA) is 64.0 Å². The molecule has 7 heteroatoms. The Morgan fingerprint density at radius 2 is 1.92 bits per heavy atom. The average Bonchev–Trinajstić information content (AvgIpc) is 2.56. The van der Waals surface area contributed by atoms with E-state index in [1.54, 1.807) is 0 Å². The lowest BCUT2D eigenvalue weighted by molar-refractivity contribution is -0.121. The molecule has 0 radical (unpaired) electrons. The molecule has 0 aliphatic carbocycles. The maximum atomic E-state index is 11.9. The first kappa shape index (κ1) is 18.5. The molecule has 128 valence electrons. The summed E-state index contributed by atoms with van der Waals surface area (Å²) in [6, 6.07) is 8.32. The first-order chi connectivity index (χ1) is 11.4. The van der Waals surface area contributed by atoms with Gasteiger partial charge >= 0.3 is 0 Å². The van der Waals surface area contributed by atoms with Crippen molar-refractivity contribution in [3.63, 3.8) is 0 Å². The molecule has 5 nitrogen and oxygen atoms in total. The molecule has 0 fully saturated rings. The van der Waals surface area contributed by atoms with Crippen LogP contribution in [0, 0.1) is 0 Å². The van der Waals surface area contributed by atoms with E-state index in [0.717, 1.165) is 10.2 Å². The van der Waals surface area contributed by atoms with Crippen molar-refractivity contribution in [1.82, 2.24) is 15.1 Å². The average molecular weight is 368 g/mol. The molecule has 2 aromatic rings.